The lowest BCUT2D eigenvalue weighted by atomic mass is 9.43. The number of thiazole rings is 1. The van der Waals surface area contributed by atoms with Crippen LogP contribution in [0.2, 0.25) is 0 Å². The first-order valence-electron chi connectivity index (χ1n) is 18.0. The van der Waals surface area contributed by atoms with Crippen LogP contribution in [-0.4, -0.2) is 49.4 Å². The Hall–Kier alpha value is -4.93. The molecule has 5 unspecified atom stereocenters. The largest absolute Gasteiger partial charge is 0.476 e. The molecule has 10 heteroatoms. The van der Waals surface area contributed by atoms with Crippen LogP contribution in [0.25, 0.3) is 43.4 Å². The highest BCUT2D eigenvalue weighted by Crippen LogP contribution is 2.84. The Balaban J connectivity index is 0.962. The summed E-state index contributed by atoms with van der Waals surface area (Å²) in [5, 5.41) is 20.5. The minimum Gasteiger partial charge on any atom is -0.476 e. The Morgan fingerprint density at radius 2 is 1.85 bits per heavy atom. The molecule has 5 fully saturated rings. The number of carbonyl (C=O) groups excluding carboxylic acids is 1. The summed E-state index contributed by atoms with van der Waals surface area (Å²) in [4.78, 5) is 35.6. The number of rotatable bonds is 8. The number of nitrogens with zero attached hydrogens (tertiary/aromatic N) is 4. The van der Waals surface area contributed by atoms with E-state index in [1.807, 2.05) is 87.0 Å². The Morgan fingerprint density at radius 3 is 2.67 bits per heavy atom. The molecule has 5 aliphatic rings. The van der Waals surface area contributed by atoms with Crippen molar-refractivity contribution in [3.63, 3.8) is 0 Å². The summed E-state index contributed by atoms with van der Waals surface area (Å²) in [7, 11) is 1.90. The van der Waals surface area contributed by atoms with Crippen molar-refractivity contribution in [2.24, 2.45) is 22.2 Å². The molecule has 5 atom stereocenters. The Kier molecular flexibility index (Phi) is 6.60. The predicted octanol–water partition coefficient (Wildman–Crippen LogP) is 9.01. The van der Waals surface area contributed by atoms with Gasteiger partial charge in [0.15, 0.2) is 10.8 Å². The Morgan fingerprint density at radius 1 is 0.981 bits per heavy atom. The van der Waals surface area contributed by atoms with Crippen LogP contribution in [0.1, 0.15) is 72.0 Å². The van der Waals surface area contributed by atoms with Crippen molar-refractivity contribution >= 4 is 49.3 Å². The van der Waals surface area contributed by atoms with Crippen molar-refractivity contribution in [2.45, 2.75) is 64.5 Å². The fraction of sp³-hybridized carbons (Fsp3) is 0.357. The van der Waals surface area contributed by atoms with Crippen molar-refractivity contribution in [3.8, 4) is 22.4 Å². The number of fused-ring (bicyclic) bond motifs is 2. The van der Waals surface area contributed by atoms with Crippen LogP contribution in [-0.2, 0) is 11.3 Å². The van der Waals surface area contributed by atoms with Crippen LogP contribution in [0.4, 0.5) is 5.13 Å². The topological polar surface area (TPSA) is 119 Å². The minimum absolute atomic E-state index is 0.0242. The SMILES string of the molecule is COC12CC3(C)CC4(CC4C(Cn4ncc(-c5ccc(-c6ccc7cccc(C(=O)Nc8nc9ccccc9s8)c7c6)nc5C(=O)O)c4C)(C3)C1)C2. The molecule has 4 bridgehead atoms. The highest BCUT2D eigenvalue weighted by molar-refractivity contribution is 7.22. The lowest BCUT2D eigenvalue weighted by molar-refractivity contribution is -0.215. The van der Waals surface area contributed by atoms with Crippen LogP contribution in [0.5, 0.6) is 0 Å². The van der Waals surface area contributed by atoms with Crippen LogP contribution in [0.15, 0.2) is 79.0 Å². The predicted molar refractivity (Wildman–Crippen MR) is 202 cm³/mol. The summed E-state index contributed by atoms with van der Waals surface area (Å²) in [5.41, 5.74) is 5.64. The number of hydrogen-bond donors (Lipinski definition) is 2. The second kappa shape index (κ2) is 10.8. The molecule has 6 aromatic rings. The Labute approximate surface area is 305 Å². The monoisotopic (exact) mass is 709 g/mol. The molecule has 5 saturated carbocycles. The van der Waals surface area contributed by atoms with Crippen molar-refractivity contribution in [2.75, 3.05) is 12.4 Å². The van der Waals surface area contributed by atoms with Gasteiger partial charge >= 0.3 is 5.97 Å². The first-order valence-corrected chi connectivity index (χ1v) is 18.8. The number of para-hydroxylation sites is 1. The van der Waals surface area contributed by atoms with Gasteiger partial charge in [0.05, 0.1) is 27.7 Å². The number of nitrogens with one attached hydrogen (secondary N) is 1. The van der Waals surface area contributed by atoms with E-state index in [9.17, 15) is 14.7 Å². The number of amides is 1. The zero-order chi connectivity index (χ0) is 35.6. The molecule has 3 aromatic carbocycles. The molecule has 5 aliphatic carbocycles. The summed E-state index contributed by atoms with van der Waals surface area (Å²) in [6, 6.07) is 22.8. The lowest BCUT2D eigenvalue weighted by Gasteiger charge is -2.65. The van der Waals surface area contributed by atoms with Crippen molar-refractivity contribution in [3.05, 3.63) is 95.9 Å². The maximum atomic E-state index is 13.5. The number of hydrogen-bond acceptors (Lipinski definition) is 7. The second-order valence-corrected chi connectivity index (χ2v) is 17.5. The average Bonchev–Trinajstić information content (AvgIpc) is 3.50. The number of benzene rings is 3. The molecule has 0 radical (unpaired) electrons. The number of carbonyl (C=O) groups is 2. The molecule has 3 heterocycles. The molecule has 3 aromatic heterocycles. The van der Waals surface area contributed by atoms with Crippen molar-refractivity contribution < 1.29 is 19.4 Å². The van der Waals surface area contributed by atoms with Gasteiger partial charge < -0.3 is 9.84 Å². The van der Waals surface area contributed by atoms with Gasteiger partial charge in [-0.1, -0.05) is 54.7 Å². The number of anilines is 1. The van der Waals surface area contributed by atoms with Crippen molar-refractivity contribution in [1.82, 2.24) is 19.7 Å². The molecule has 0 saturated heterocycles. The second-order valence-electron chi connectivity index (χ2n) is 16.4. The van der Waals surface area contributed by atoms with Crippen LogP contribution >= 0.6 is 11.3 Å². The van der Waals surface area contributed by atoms with Gasteiger partial charge in [0.2, 0.25) is 0 Å². The van der Waals surface area contributed by atoms with Crippen LogP contribution in [0, 0.1) is 29.1 Å². The molecule has 9 nitrogen and oxygen atoms in total. The van der Waals surface area contributed by atoms with Gasteiger partial charge in [-0.2, -0.15) is 5.10 Å². The third-order valence-electron chi connectivity index (χ3n) is 12.9. The van der Waals surface area contributed by atoms with Crippen LogP contribution < -0.4 is 5.32 Å². The van der Waals surface area contributed by atoms with E-state index in [1.54, 1.807) is 6.07 Å². The van der Waals surface area contributed by atoms with Gasteiger partial charge in [0.25, 0.3) is 5.91 Å². The van der Waals surface area contributed by atoms with Gasteiger partial charge in [0.1, 0.15) is 0 Å². The first kappa shape index (κ1) is 31.8. The van der Waals surface area contributed by atoms with Gasteiger partial charge in [0, 0.05) is 41.6 Å². The molecule has 262 valence electrons. The third kappa shape index (κ3) is 4.73. The number of pyridine rings is 1. The third-order valence-corrected chi connectivity index (χ3v) is 13.9. The highest BCUT2D eigenvalue weighted by Gasteiger charge is 2.78. The number of aromatic carboxylic acids is 1. The zero-order valence-corrected chi connectivity index (χ0v) is 30.2. The average molecular weight is 710 g/mol. The van der Waals surface area contributed by atoms with Crippen LogP contribution in [0.3, 0.4) is 0 Å². The maximum absolute atomic E-state index is 13.5. The molecular weight excluding hydrogens is 671 g/mol. The number of methoxy groups -OCH3 is 1. The number of carboxylic acid groups (broad SMARTS) is 1. The first-order chi connectivity index (χ1) is 25.0. The van der Waals surface area contributed by atoms with E-state index in [0.717, 1.165) is 57.2 Å². The number of ether oxygens (including phenoxy) is 1. The smallest absolute Gasteiger partial charge is 0.355 e. The molecule has 0 aliphatic heterocycles. The number of carboxylic acids is 1. The summed E-state index contributed by atoms with van der Waals surface area (Å²) >= 11 is 1.43. The fourth-order valence-electron chi connectivity index (χ4n) is 11.4. The molecule has 11 rings (SSSR count). The summed E-state index contributed by atoms with van der Waals surface area (Å²) in [6.07, 6.45) is 9.02. The van der Waals surface area contributed by atoms with E-state index in [2.05, 4.69) is 21.9 Å². The zero-order valence-electron chi connectivity index (χ0n) is 29.4. The summed E-state index contributed by atoms with van der Waals surface area (Å²) in [5.74, 6) is -0.655. The van der Waals surface area contributed by atoms with E-state index in [0.29, 0.717) is 38.7 Å². The molecule has 1 amide bonds. The van der Waals surface area contributed by atoms with Gasteiger partial charge in [-0.05, 0) is 115 Å². The van der Waals surface area contributed by atoms with E-state index >= 15 is 0 Å². The summed E-state index contributed by atoms with van der Waals surface area (Å²) in [6.45, 7) is 5.34. The van der Waals surface area contributed by atoms with E-state index in [-0.39, 0.29) is 22.6 Å². The quantitative estimate of drug-likeness (QED) is 0.162. The normalized spacial score (nSPS) is 28.3. The van der Waals surface area contributed by atoms with Gasteiger partial charge in [-0.15, -0.1) is 0 Å². The standard InChI is InChI=1S/C42H39N5O4S/c1-24-30(17-43-47(24)23-41-19-39(2)18-40(16-34(40)41)21-42(20-39,22-41)51-3)27-13-14-31(44-35(27)37(49)50)26-12-11-25-7-6-8-28(29(25)15-26)36(48)46-38-45-32-9-4-5-10-33(32)52-38/h4-15,17,34H,16,18-23H2,1-3H3,(H,49,50)(H,45,46,48). The minimum atomic E-state index is -1.10. The maximum Gasteiger partial charge on any atom is 0.355 e. The molecule has 1 spiro atoms. The Bertz CT molecular complexity index is 2470. The van der Waals surface area contributed by atoms with Gasteiger partial charge in [-0.25, -0.2) is 14.8 Å². The molecular formula is C42H39N5O4S. The molecule has 52 heavy (non-hydrogen) atoms. The summed E-state index contributed by atoms with van der Waals surface area (Å²) < 4.78 is 9.43. The fourth-order valence-corrected chi connectivity index (χ4v) is 12.3. The van der Waals surface area contributed by atoms with E-state index < -0.39 is 5.97 Å². The molecule has 2 N–H and O–H groups in total. The van der Waals surface area contributed by atoms with E-state index in [1.165, 1.54) is 37.0 Å². The number of aromatic nitrogens is 4. The van der Waals surface area contributed by atoms with Crippen molar-refractivity contribution in [1.29, 1.82) is 0 Å². The van der Waals surface area contributed by atoms with Gasteiger partial charge in [-0.3, -0.25) is 14.8 Å². The van der Waals surface area contributed by atoms with E-state index in [4.69, 9.17) is 14.8 Å². The highest BCUT2D eigenvalue weighted by atomic mass is 32.1. The lowest BCUT2D eigenvalue weighted by Crippen LogP contribution is -2.61.